The molecule has 0 aromatic heterocycles. The first-order chi connectivity index (χ1) is 18.7. The number of aliphatic carboxylic acids is 1. The molecule has 0 bridgehead atoms. The molecule has 0 atom stereocenters. The summed E-state index contributed by atoms with van der Waals surface area (Å²) >= 11 is 0. The van der Waals surface area contributed by atoms with Crippen molar-refractivity contribution in [2.24, 2.45) is 0 Å². The van der Waals surface area contributed by atoms with Crippen LogP contribution in [-0.4, -0.2) is 79.0 Å². The van der Waals surface area contributed by atoms with E-state index < -0.39 is 17.2 Å². The van der Waals surface area contributed by atoms with Gasteiger partial charge in [0.15, 0.2) is 0 Å². The van der Waals surface area contributed by atoms with Gasteiger partial charge in [-0.25, -0.2) is 0 Å². The average Bonchev–Trinajstić information content (AvgIpc) is 2.81. The van der Waals surface area contributed by atoms with E-state index in [-0.39, 0.29) is 76.0 Å². The third-order valence-corrected chi connectivity index (χ3v) is 5.56. The lowest BCUT2D eigenvalue weighted by molar-refractivity contribution is -0.157. The van der Waals surface area contributed by atoms with E-state index in [9.17, 15) is 19.2 Å². The van der Waals surface area contributed by atoms with Crippen LogP contribution in [0.5, 0.6) is 0 Å². The number of hydrogen-bond acceptors (Lipinski definition) is 9. The van der Waals surface area contributed by atoms with Crippen LogP contribution in [0, 0.1) is 0 Å². The summed E-state index contributed by atoms with van der Waals surface area (Å²) in [5.41, 5.74) is -1.10. The Morgan fingerprint density at radius 1 is 0.625 bits per heavy atom. The second-order valence-electron chi connectivity index (χ2n) is 12.2. The van der Waals surface area contributed by atoms with Crippen molar-refractivity contribution < 1.29 is 43.2 Å². The molecule has 0 saturated carbocycles. The fraction of sp³-hybridized carbons (Fsp3) is 0.867. The Hall–Kier alpha value is -2.04. The van der Waals surface area contributed by atoms with E-state index in [1.807, 2.05) is 41.5 Å². The number of carbonyl (C=O) groups is 4. The molecule has 2 N–H and O–H groups in total. The highest BCUT2D eigenvalue weighted by molar-refractivity contribution is 5.80. The van der Waals surface area contributed by atoms with Crippen molar-refractivity contribution in [3.8, 4) is 0 Å². The summed E-state index contributed by atoms with van der Waals surface area (Å²) in [7, 11) is 0. The summed E-state index contributed by atoms with van der Waals surface area (Å²) in [6.07, 6.45) is 8.83. The highest BCUT2D eigenvalue weighted by Crippen LogP contribution is 2.11. The van der Waals surface area contributed by atoms with E-state index in [1.54, 1.807) is 0 Å². The van der Waals surface area contributed by atoms with Crippen molar-refractivity contribution in [3.05, 3.63) is 0 Å². The molecular formula is C30H55NO9. The maximum atomic E-state index is 12.4. The Bertz CT molecular complexity index is 690. The minimum atomic E-state index is -0.734. The SMILES string of the molecule is CC(C)(C)OC(=O)CCOCC(COCCC(=O)OC(C)(C)C)NCC(=O)CCCCCCCCCCC(=O)O. The van der Waals surface area contributed by atoms with Crippen LogP contribution < -0.4 is 5.32 Å². The minimum absolute atomic E-state index is 0.112. The summed E-state index contributed by atoms with van der Waals surface area (Å²) in [6, 6.07) is -0.276. The zero-order chi connectivity index (χ0) is 30.4. The van der Waals surface area contributed by atoms with Crippen LogP contribution in [0.2, 0.25) is 0 Å². The first kappa shape index (κ1) is 38.0. The molecule has 0 heterocycles. The van der Waals surface area contributed by atoms with Crippen molar-refractivity contribution in [2.75, 3.05) is 33.0 Å². The van der Waals surface area contributed by atoms with Crippen molar-refractivity contribution in [1.29, 1.82) is 0 Å². The number of esters is 2. The molecule has 0 rings (SSSR count). The molecular weight excluding hydrogens is 518 g/mol. The van der Waals surface area contributed by atoms with Gasteiger partial charge in [-0.05, 0) is 54.4 Å². The normalized spacial score (nSPS) is 12.0. The zero-order valence-corrected chi connectivity index (χ0v) is 25.8. The molecule has 0 amide bonds. The Labute approximate surface area is 241 Å². The molecule has 0 fully saturated rings. The van der Waals surface area contributed by atoms with E-state index in [0.717, 1.165) is 51.4 Å². The maximum Gasteiger partial charge on any atom is 0.308 e. The predicted octanol–water partition coefficient (Wildman–Crippen LogP) is 5.00. The first-order valence-electron chi connectivity index (χ1n) is 14.7. The Morgan fingerprint density at radius 3 is 1.43 bits per heavy atom. The summed E-state index contributed by atoms with van der Waals surface area (Å²) in [5, 5.41) is 11.8. The summed E-state index contributed by atoms with van der Waals surface area (Å²) in [5.74, 6) is -1.29. The Morgan fingerprint density at radius 2 is 1.02 bits per heavy atom. The van der Waals surface area contributed by atoms with Crippen LogP contribution in [0.3, 0.4) is 0 Å². The monoisotopic (exact) mass is 573 g/mol. The zero-order valence-electron chi connectivity index (χ0n) is 25.8. The molecule has 0 unspecified atom stereocenters. The number of carboxylic acid groups (broad SMARTS) is 1. The smallest absolute Gasteiger partial charge is 0.308 e. The lowest BCUT2D eigenvalue weighted by atomic mass is 10.1. The molecule has 0 aromatic rings. The standard InChI is InChI=1S/C30H55NO9/c1-29(2,3)39-27(35)17-19-37-22-24(23-38-20-18-28(36)40-30(4,5)6)31-21-25(32)15-13-11-9-7-8-10-12-14-16-26(33)34/h24,31H,7-23H2,1-6H3,(H,33,34). The van der Waals surface area contributed by atoms with E-state index >= 15 is 0 Å². The highest BCUT2D eigenvalue weighted by Gasteiger charge is 2.18. The summed E-state index contributed by atoms with van der Waals surface area (Å²) in [6.45, 7) is 11.9. The fourth-order valence-corrected chi connectivity index (χ4v) is 3.72. The first-order valence-corrected chi connectivity index (χ1v) is 14.7. The van der Waals surface area contributed by atoms with Gasteiger partial charge < -0.3 is 29.4 Å². The lowest BCUT2D eigenvalue weighted by Crippen LogP contribution is -2.41. The van der Waals surface area contributed by atoms with Gasteiger partial charge >= 0.3 is 17.9 Å². The van der Waals surface area contributed by atoms with Crippen LogP contribution in [0.25, 0.3) is 0 Å². The van der Waals surface area contributed by atoms with Crippen molar-refractivity contribution in [1.82, 2.24) is 5.32 Å². The van der Waals surface area contributed by atoms with Gasteiger partial charge in [-0.1, -0.05) is 38.5 Å². The molecule has 10 heteroatoms. The molecule has 0 aliphatic heterocycles. The van der Waals surface area contributed by atoms with Gasteiger partial charge in [0.1, 0.15) is 17.0 Å². The number of ketones is 1. The number of hydrogen-bond donors (Lipinski definition) is 2. The summed E-state index contributed by atoms with van der Waals surface area (Å²) < 4.78 is 21.9. The lowest BCUT2D eigenvalue weighted by Gasteiger charge is -2.21. The van der Waals surface area contributed by atoms with Crippen LogP contribution in [-0.2, 0) is 38.1 Å². The average molecular weight is 574 g/mol. The van der Waals surface area contributed by atoms with Crippen molar-refractivity contribution in [3.63, 3.8) is 0 Å². The molecule has 0 radical (unpaired) electrons. The molecule has 0 aromatic carbocycles. The second kappa shape index (κ2) is 21.7. The van der Waals surface area contributed by atoms with Gasteiger partial charge in [0.2, 0.25) is 0 Å². The number of unbranched alkanes of at least 4 members (excludes halogenated alkanes) is 7. The van der Waals surface area contributed by atoms with Gasteiger partial charge in [0.05, 0.1) is 51.9 Å². The molecule has 0 aliphatic carbocycles. The largest absolute Gasteiger partial charge is 0.481 e. The third-order valence-electron chi connectivity index (χ3n) is 5.56. The number of nitrogens with one attached hydrogen (secondary N) is 1. The van der Waals surface area contributed by atoms with Gasteiger partial charge in [-0.15, -0.1) is 0 Å². The predicted molar refractivity (Wildman–Crippen MR) is 153 cm³/mol. The van der Waals surface area contributed by atoms with Crippen LogP contribution >= 0.6 is 0 Å². The van der Waals surface area contributed by atoms with E-state index in [1.165, 1.54) is 0 Å². The van der Waals surface area contributed by atoms with Crippen LogP contribution in [0.15, 0.2) is 0 Å². The Kier molecular flexibility index (Phi) is 20.6. The Balaban J connectivity index is 4.30. The number of carbonyl (C=O) groups excluding carboxylic acids is 3. The molecule has 10 nitrogen and oxygen atoms in total. The number of Topliss-reactive ketones (excluding diaryl/α,β-unsaturated/α-hetero) is 1. The molecule has 0 spiro atoms. The number of rotatable bonds is 24. The van der Waals surface area contributed by atoms with Gasteiger partial charge in [-0.2, -0.15) is 0 Å². The van der Waals surface area contributed by atoms with Gasteiger partial charge in [-0.3, -0.25) is 19.2 Å². The van der Waals surface area contributed by atoms with Gasteiger partial charge in [0.25, 0.3) is 0 Å². The second-order valence-corrected chi connectivity index (χ2v) is 12.2. The molecule has 234 valence electrons. The minimum Gasteiger partial charge on any atom is -0.481 e. The van der Waals surface area contributed by atoms with E-state index in [4.69, 9.17) is 24.1 Å². The van der Waals surface area contributed by atoms with E-state index in [2.05, 4.69) is 5.32 Å². The van der Waals surface area contributed by atoms with E-state index in [0.29, 0.717) is 6.42 Å². The van der Waals surface area contributed by atoms with Crippen LogP contribution in [0.1, 0.15) is 119 Å². The molecule has 0 aliphatic rings. The quantitative estimate of drug-likeness (QED) is 0.120. The van der Waals surface area contributed by atoms with Crippen molar-refractivity contribution >= 4 is 23.7 Å². The third kappa shape index (κ3) is 27.5. The summed E-state index contributed by atoms with van der Waals surface area (Å²) in [4.78, 5) is 46.7. The van der Waals surface area contributed by atoms with Crippen molar-refractivity contribution in [2.45, 2.75) is 136 Å². The topological polar surface area (TPSA) is 137 Å². The molecule has 0 saturated heterocycles. The highest BCUT2D eigenvalue weighted by atomic mass is 16.6. The molecule has 40 heavy (non-hydrogen) atoms. The maximum absolute atomic E-state index is 12.4. The van der Waals surface area contributed by atoms with Crippen LogP contribution in [0.4, 0.5) is 0 Å². The fourth-order valence-electron chi connectivity index (χ4n) is 3.72. The number of ether oxygens (including phenoxy) is 4. The van der Waals surface area contributed by atoms with Gasteiger partial charge in [0, 0.05) is 12.8 Å². The number of carboxylic acids is 1.